The number of nitrogens with one attached hydrogen (secondary N) is 1. The molecule has 1 aliphatic carbocycles. The lowest BCUT2D eigenvalue weighted by Gasteiger charge is -2.23. The van der Waals surface area contributed by atoms with E-state index >= 15 is 0 Å². The fraction of sp³-hybridized carbons (Fsp3) is 0.529. The van der Waals surface area contributed by atoms with Gasteiger partial charge in [0.2, 0.25) is 15.9 Å². The molecule has 1 atom stereocenters. The molecule has 7 heteroatoms. The van der Waals surface area contributed by atoms with Crippen LogP contribution in [-0.2, 0) is 14.8 Å². The third-order valence-corrected chi connectivity index (χ3v) is 6.51. The van der Waals surface area contributed by atoms with Gasteiger partial charge in [-0.3, -0.25) is 9.59 Å². The van der Waals surface area contributed by atoms with Crippen LogP contribution in [0.4, 0.5) is 5.69 Å². The number of benzene rings is 1. The number of sulfonamides is 1. The van der Waals surface area contributed by atoms with Crippen molar-refractivity contribution >= 4 is 27.5 Å². The van der Waals surface area contributed by atoms with Crippen LogP contribution in [0, 0.1) is 5.92 Å². The Hall–Kier alpha value is -1.89. The van der Waals surface area contributed by atoms with E-state index in [4.69, 9.17) is 0 Å². The molecule has 1 aromatic carbocycles. The van der Waals surface area contributed by atoms with E-state index in [2.05, 4.69) is 5.32 Å². The molecule has 0 radical (unpaired) electrons. The highest BCUT2D eigenvalue weighted by molar-refractivity contribution is 7.94. The molecule has 2 amide bonds. The fourth-order valence-corrected chi connectivity index (χ4v) is 5.19. The zero-order chi connectivity index (χ0) is 17.3. The van der Waals surface area contributed by atoms with Gasteiger partial charge in [-0.15, -0.1) is 0 Å². The van der Waals surface area contributed by atoms with Gasteiger partial charge in [0.25, 0.3) is 5.91 Å². The van der Waals surface area contributed by atoms with Gasteiger partial charge in [-0.2, -0.15) is 0 Å². The van der Waals surface area contributed by atoms with Crippen LogP contribution < -0.4 is 9.62 Å². The van der Waals surface area contributed by atoms with Crippen molar-refractivity contribution in [2.75, 3.05) is 10.1 Å². The Kier molecular flexibility index (Phi) is 4.62. The SMILES string of the molecule is C[C@@H]1CS(=O)(=O)N(c2cccc(C(=O)NC3CCCCC3)c2)C1=O. The summed E-state index contributed by atoms with van der Waals surface area (Å²) in [5, 5.41) is 3.00. The monoisotopic (exact) mass is 350 g/mol. The van der Waals surface area contributed by atoms with Crippen LogP contribution in [0.3, 0.4) is 0 Å². The third kappa shape index (κ3) is 3.31. The smallest absolute Gasteiger partial charge is 0.251 e. The molecule has 6 nitrogen and oxygen atoms in total. The molecule has 0 bridgehead atoms. The van der Waals surface area contributed by atoms with Crippen molar-refractivity contribution < 1.29 is 18.0 Å². The fourth-order valence-electron chi connectivity index (χ4n) is 3.38. The Morgan fingerprint density at radius 1 is 1.21 bits per heavy atom. The van der Waals surface area contributed by atoms with Gasteiger partial charge in [-0.25, -0.2) is 12.7 Å². The van der Waals surface area contributed by atoms with E-state index in [1.165, 1.54) is 12.5 Å². The number of rotatable bonds is 3. The normalized spacial score (nSPS) is 24.1. The molecular weight excluding hydrogens is 328 g/mol. The Balaban J connectivity index is 1.81. The summed E-state index contributed by atoms with van der Waals surface area (Å²) >= 11 is 0. The van der Waals surface area contributed by atoms with Gasteiger partial charge < -0.3 is 5.32 Å². The van der Waals surface area contributed by atoms with E-state index in [1.54, 1.807) is 25.1 Å². The number of carbonyl (C=O) groups excluding carboxylic acids is 2. The largest absolute Gasteiger partial charge is 0.349 e. The van der Waals surface area contributed by atoms with E-state index in [-0.39, 0.29) is 23.4 Å². The van der Waals surface area contributed by atoms with Gasteiger partial charge in [0, 0.05) is 11.6 Å². The van der Waals surface area contributed by atoms with Crippen molar-refractivity contribution in [1.29, 1.82) is 0 Å². The van der Waals surface area contributed by atoms with Crippen molar-refractivity contribution in [1.82, 2.24) is 5.32 Å². The first-order chi connectivity index (χ1) is 11.4. The second-order valence-corrected chi connectivity index (χ2v) is 8.50. The van der Waals surface area contributed by atoms with E-state index < -0.39 is 21.8 Å². The highest BCUT2D eigenvalue weighted by Gasteiger charge is 2.42. The zero-order valence-electron chi connectivity index (χ0n) is 13.7. The van der Waals surface area contributed by atoms with E-state index in [0.29, 0.717) is 5.56 Å². The minimum Gasteiger partial charge on any atom is -0.349 e. The highest BCUT2D eigenvalue weighted by atomic mass is 32.2. The average molecular weight is 350 g/mol. The minimum absolute atomic E-state index is 0.173. The summed E-state index contributed by atoms with van der Waals surface area (Å²) in [7, 11) is -3.66. The number of nitrogens with zero attached hydrogens (tertiary/aromatic N) is 1. The maximum absolute atomic E-state index is 12.4. The van der Waals surface area contributed by atoms with Gasteiger partial charge in [0.1, 0.15) is 0 Å². The first kappa shape index (κ1) is 17.0. The molecule has 1 saturated carbocycles. The zero-order valence-corrected chi connectivity index (χ0v) is 14.5. The second-order valence-electron chi connectivity index (χ2n) is 6.64. The number of hydrogen-bond donors (Lipinski definition) is 1. The van der Waals surface area contributed by atoms with Crippen LogP contribution in [-0.4, -0.2) is 32.0 Å². The Morgan fingerprint density at radius 3 is 2.54 bits per heavy atom. The van der Waals surface area contributed by atoms with Crippen LogP contribution in [0.2, 0.25) is 0 Å². The maximum atomic E-state index is 12.4. The van der Waals surface area contributed by atoms with E-state index in [1.807, 2.05) is 0 Å². The summed E-state index contributed by atoms with van der Waals surface area (Å²) in [4.78, 5) is 24.6. The van der Waals surface area contributed by atoms with Crippen molar-refractivity contribution in [3.8, 4) is 0 Å². The molecule has 1 heterocycles. The quantitative estimate of drug-likeness (QED) is 0.904. The Bertz CT molecular complexity index is 754. The van der Waals surface area contributed by atoms with Crippen molar-refractivity contribution in [2.45, 2.75) is 45.1 Å². The van der Waals surface area contributed by atoms with Crippen molar-refractivity contribution in [2.24, 2.45) is 5.92 Å². The van der Waals surface area contributed by atoms with Crippen LogP contribution >= 0.6 is 0 Å². The van der Waals surface area contributed by atoms with E-state index in [9.17, 15) is 18.0 Å². The summed E-state index contributed by atoms with van der Waals surface area (Å²) in [6.45, 7) is 1.60. The molecule has 130 valence electrons. The molecule has 24 heavy (non-hydrogen) atoms. The lowest BCUT2D eigenvalue weighted by molar-refractivity contribution is -0.119. The summed E-state index contributed by atoms with van der Waals surface area (Å²) < 4.78 is 25.2. The average Bonchev–Trinajstić information content (AvgIpc) is 2.76. The van der Waals surface area contributed by atoms with Crippen molar-refractivity contribution in [3.05, 3.63) is 29.8 Å². The summed E-state index contributed by atoms with van der Waals surface area (Å²) in [5.41, 5.74) is 0.612. The van der Waals surface area contributed by atoms with Gasteiger partial charge in [-0.05, 0) is 31.0 Å². The molecule has 1 aliphatic heterocycles. The van der Waals surface area contributed by atoms with E-state index in [0.717, 1.165) is 30.0 Å². The summed E-state index contributed by atoms with van der Waals surface area (Å²) in [5.74, 6) is -1.42. The van der Waals surface area contributed by atoms with Gasteiger partial charge >= 0.3 is 0 Å². The van der Waals surface area contributed by atoms with Gasteiger partial charge in [0.15, 0.2) is 0 Å². The molecule has 2 fully saturated rings. The van der Waals surface area contributed by atoms with Gasteiger partial charge in [0.05, 0.1) is 17.4 Å². The maximum Gasteiger partial charge on any atom is 0.251 e. The van der Waals surface area contributed by atoms with Crippen molar-refractivity contribution in [3.63, 3.8) is 0 Å². The first-order valence-corrected chi connectivity index (χ1v) is 9.97. The molecule has 0 aromatic heterocycles. The third-order valence-electron chi connectivity index (χ3n) is 4.64. The van der Waals surface area contributed by atoms with Crippen LogP contribution in [0.25, 0.3) is 0 Å². The minimum atomic E-state index is -3.66. The topological polar surface area (TPSA) is 83.6 Å². The second kappa shape index (κ2) is 6.55. The molecule has 3 rings (SSSR count). The number of anilines is 1. The molecule has 0 unspecified atom stereocenters. The number of amides is 2. The highest BCUT2D eigenvalue weighted by Crippen LogP contribution is 2.29. The first-order valence-electron chi connectivity index (χ1n) is 8.36. The van der Waals surface area contributed by atoms with Crippen LogP contribution in [0.1, 0.15) is 49.4 Å². The number of hydrogen-bond acceptors (Lipinski definition) is 4. The van der Waals surface area contributed by atoms with Crippen LogP contribution in [0.5, 0.6) is 0 Å². The predicted octanol–water partition coefficient (Wildman–Crippen LogP) is 2.06. The molecular formula is C17H22N2O4S. The van der Waals surface area contributed by atoms with Gasteiger partial charge in [-0.1, -0.05) is 32.3 Å². The lowest BCUT2D eigenvalue weighted by atomic mass is 9.95. The Morgan fingerprint density at radius 2 is 1.92 bits per heavy atom. The molecule has 1 N–H and O–H groups in total. The lowest BCUT2D eigenvalue weighted by Crippen LogP contribution is -2.36. The Labute approximate surface area is 142 Å². The summed E-state index contributed by atoms with van der Waals surface area (Å²) in [6.07, 6.45) is 5.38. The molecule has 1 aromatic rings. The molecule has 1 saturated heterocycles. The number of carbonyl (C=O) groups is 2. The predicted molar refractivity (Wildman–Crippen MR) is 91.2 cm³/mol. The standard InChI is InChI=1S/C17H22N2O4S/c1-12-11-24(22,23)19(17(12)21)15-9-5-6-13(10-15)16(20)18-14-7-3-2-4-8-14/h5-6,9-10,12,14H,2-4,7-8,11H2,1H3,(H,18,20)/t12-/m1/s1. The molecule has 0 spiro atoms. The summed E-state index contributed by atoms with van der Waals surface area (Å²) in [6, 6.07) is 6.44. The molecule has 2 aliphatic rings. The van der Waals surface area contributed by atoms with Crippen LogP contribution in [0.15, 0.2) is 24.3 Å².